The summed E-state index contributed by atoms with van der Waals surface area (Å²) >= 11 is 3.30. The molecule has 1 unspecified atom stereocenters. The van der Waals surface area contributed by atoms with Crippen LogP contribution in [0.25, 0.3) is 0 Å². The maximum absolute atomic E-state index is 13.9. The highest BCUT2D eigenvalue weighted by Gasteiger charge is 2.16. The number of carbonyl (C=O) groups excluding carboxylic acids is 1. The molecule has 5 heteroatoms. The van der Waals surface area contributed by atoms with Crippen molar-refractivity contribution in [3.05, 3.63) is 34.3 Å². The molecule has 0 bridgehead atoms. The highest BCUT2D eigenvalue weighted by atomic mass is 79.9. The van der Waals surface area contributed by atoms with E-state index in [9.17, 15) is 9.18 Å². The van der Waals surface area contributed by atoms with Crippen molar-refractivity contribution in [1.29, 1.82) is 0 Å². The molecule has 1 amide bonds. The summed E-state index contributed by atoms with van der Waals surface area (Å²) in [6.45, 7) is 5.59. The van der Waals surface area contributed by atoms with Gasteiger partial charge in [-0.15, -0.1) is 0 Å². The molecule has 0 saturated heterocycles. The highest BCUT2D eigenvalue weighted by Crippen LogP contribution is 2.23. The summed E-state index contributed by atoms with van der Waals surface area (Å²) in [4.78, 5) is 11.4. The number of ether oxygens (including phenoxy) is 1. The number of alkyl halides is 1. The summed E-state index contributed by atoms with van der Waals surface area (Å²) in [6.07, 6.45) is -1.41. The van der Waals surface area contributed by atoms with Gasteiger partial charge in [0.25, 0.3) is 0 Å². The van der Waals surface area contributed by atoms with E-state index in [1.165, 1.54) is 0 Å². The number of nitrogens with one attached hydrogen (secondary N) is 1. The SMILES string of the molecule is CC(C)(C)OC(=O)NCCC(F)c1cccc(Br)c1. The van der Waals surface area contributed by atoms with E-state index >= 15 is 0 Å². The lowest BCUT2D eigenvalue weighted by Gasteiger charge is -2.19. The molecule has 0 aliphatic rings. The molecule has 0 heterocycles. The number of halogens is 2. The third-order valence-corrected chi connectivity index (χ3v) is 2.77. The van der Waals surface area contributed by atoms with Gasteiger partial charge in [-0.05, 0) is 38.5 Å². The van der Waals surface area contributed by atoms with Crippen LogP contribution >= 0.6 is 15.9 Å². The van der Waals surface area contributed by atoms with Gasteiger partial charge in [0.05, 0.1) is 0 Å². The van der Waals surface area contributed by atoms with Crippen LogP contribution in [0.5, 0.6) is 0 Å². The van der Waals surface area contributed by atoms with Crippen molar-refractivity contribution in [2.24, 2.45) is 0 Å². The number of carbonyl (C=O) groups is 1. The Labute approximate surface area is 121 Å². The molecule has 1 N–H and O–H groups in total. The first-order valence-corrected chi connectivity index (χ1v) is 6.93. The van der Waals surface area contributed by atoms with Gasteiger partial charge in [-0.1, -0.05) is 28.1 Å². The molecule has 0 aliphatic carbocycles. The molecule has 1 atom stereocenters. The minimum Gasteiger partial charge on any atom is -0.444 e. The summed E-state index contributed by atoms with van der Waals surface area (Å²) in [5.41, 5.74) is 0.0594. The molecule has 1 aromatic rings. The quantitative estimate of drug-likeness (QED) is 0.889. The second-order valence-electron chi connectivity index (χ2n) is 5.24. The normalized spacial score (nSPS) is 12.9. The largest absolute Gasteiger partial charge is 0.444 e. The van der Waals surface area contributed by atoms with E-state index in [2.05, 4.69) is 21.2 Å². The van der Waals surface area contributed by atoms with E-state index in [0.717, 1.165) is 4.47 Å². The van der Waals surface area contributed by atoms with Crippen molar-refractivity contribution in [3.8, 4) is 0 Å². The fraction of sp³-hybridized carbons (Fsp3) is 0.500. The highest BCUT2D eigenvalue weighted by molar-refractivity contribution is 9.10. The fourth-order valence-corrected chi connectivity index (χ4v) is 1.90. The molecule has 0 fully saturated rings. The van der Waals surface area contributed by atoms with Crippen LogP contribution in [-0.2, 0) is 4.74 Å². The predicted molar refractivity (Wildman–Crippen MR) is 76.8 cm³/mol. The number of rotatable bonds is 4. The van der Waals surface area contributed by atoms with Crippen LogP contribution in [0.3, 0.4) is 0 Å². The van der Waals surface area contributed by atoms with E-state index in [1.54, 1.807) is 39.0 Å². The van der Waals surface area contributed by atoms with Crippen LogP contribution in [0.1, 0.15) is 38.9 Å². The van der Waals surface area contributed by atoms with Crippen LogP contribution in [0.2, 0.25) is 0 Å². The molecule has 0 saturated carbocycles. The van der Waals surface area contributed by atoms with Crippen LogP contribution in [0.15, 0.2) is 28.7 Å². The predicted octanol–water partition coefficient (Wildman–Crippen LogP) is 4.37. The maximum atomic E-state index is 13.9. The van der Waals surface area contributed by atoms with Gasteiger partial charge in [0.2, 0.25) is 0 Å². The average molecular weight is 332 g/mol. The lowest BCUT2D eigenvalue weighted by molar-refractivity contribution is 0.0524. The lowest BCUT2D eigenvalue weighted by Crippen LogP contribution is -2.33. The fourth-order valence-electron chi connectivity index (χ4n) is 1.48. The van der Waals surface area contributed by atoms with Gasteiger partial charge in [-0.3, -0.25) is 0 Å². The molecule has 0 aromatic heterocycles. The van der Waals surface area contributed by atoms with E-state index < -0.39 is 17.9 Å². The van der Waals surface area contributed by atoms with Crippen molar-refractivity contribution in [3.63, 3.8) is 0 Å². The zero-order chi connectivity index (χ0) is 14.5. The summed E-state index contributed by atoms with van der Waals surface area (Å²) in [5, 5.41) is 2.54. The Kier molecular flexibility index (Phi) is 5.79. The molecule has 0 radical (unpaired) electrons. The number of alkyl carbamates (subject to hydrolysis) is 1. The van der Waals surface area contributed by atoms with Crippen molar-refractivity contribution in [2.45, 2.75) is 39.0 Å². The second kappa shape index (κ2) is 6.89. The van der Waals surface area contributed by atoms with Gasteiger partial charge in [0.1, 0.15) is 11.8 Å². The molecule has 19 heavy (non-hydrogen) atoms. The molecule has 1 aromatic carbocycles. The van der Waals surface area contributed by atoms with Gasteiger partial charge < -0.3 is 10.1 Å². The number of amides is 1. The summed E-state index contributed by atoms with van der Waals surface area (Å²) in [5.74, 6) is 0. The standard InChI is InChI=1S/C14H19BrFNO2/c1-14(2,3)19-13(18)17-8-7-12(16)10-5-4-6-11(15)9-10/h4-6,9,12H,7-8H2,1-3H3,(H,17,18). The Hall–Kier alpha value is -1.10. The Bertz CT molecular complexity index is 432. The van der Waals surface area contributed by atoms with Gasteiger partial charge in [-0.25, -0.2) is 9.18 Å². The Balaban J connectivity index is 2.35. The Morgan fingerprint density at radius 2 is 2.16 bits per heavy atom. The topological polar surface area (TPSA) is 38.3 Å². The summed E-state index contributed by atoms with van der Waals surface area (Å²) in [6, 6.07) is 7.09. The van der Waals surface area contributed by atoms with Gasteiger partial charge >= 0.3 is 6.09 Å². The third-order valence-electron chi connectivity index (χ3n) is 2.28. The van der Waals surface area contributed by atoms with Crippen molar-refractivity contribution >= 4 is 22.0 Å². The van der Waals surface area contributed by atoms with Crippen molar-refractivity contribution in [2.75, 3.05) is 6.54 Å². The zero-order valence-corrected chi connectivity index (χ0v) is 13.0. The molecule has 3 nitrogen and oxygen atoms in total. The summed E-state index contributed by atoms with van der Waals surface area (Å²) < 4.78 is 19.8. The first kappa shape index (κ1) is 16.0. The van der Waals surface area contributed by atoms with Gasteiger partial charge in [0.15, 0.2) is 0 Å². The molecule has 0 aliphatic heterocycles. The van der Waals surface area contributed by atoms with Crippen molar-refractivity contribution < 1.29 is 13.9 Å². The minimum atomic E-state index is -1.10. The zero-order valence-electron chi connectivity index (χ0n) is 11.4. The average Bonchev–Trinajstić information content (AvgIpc) is 2.26. The third kappa shape index (κ3) is 6.57. The second-order valence-corrected chi connectivity index (χ2v) is 6.16. The number of hydrogen-bond acceptors (Lipinski definition) is 2. The minimum absolute atomic E-state index is 0.218. The van der Waals surface area contributed by atoms with E-state index in [4.69, 9.17) is 4.74 Å². The Morgan fingerprint density at radius 3 is 2.74 bits per heavy atom. The molecule has 106 valence electrons. The van der Waals surface area contributed by atoms with Crippen LogP contribution < -0.4 is 5.32 Å². The first-order chi connectivity index (χ1) is 8.78. The maximum Gasteiger partial charge on any atom is 0.407 e. The molecule has 1 rings (SSSR count). The number of hydrogen-bond donors (Lipinski definition) is 1. The first-order valence-electron chi connectivity index (χ1n) is 6.14. The monoisotopic (exact) mass is 331 g/mol. The molecular formula is C14H19BrFNO2. The van der Waals surface area contributed by atoms with Gasteiger partial charge in [0, 0.05) is 17.4 Å². The van der Waals surface area contributed by atoms with Gasteiger partial charge in [-0.2, -0.15) is 0 Å². The van der Waals surface area contributed by atoms with Crippen LogP contribution in [0.4, 0.5) is 9.18 Å². The lowest BCUT2D eigenvalue weighted by atomic mass is 10.1. The van der Waals surface area contributed by atoms with E-state index in [1.807, 2.05) is 6.07 Å². The molecular weight excluding hydrogens is 313 g/mol. The van der Waals surface area contributed by atoms with E-state index in [0.29, 0.717) is 5.56 Å². The van der Waals surface area contributed by atoms with Crippen molar-refractivity contribution in [1.82, 2.24) is 5.32 Å². The van der Waals surface area contributed by atoms with Crippen LogP contribution in [-0.4, -0.2) is 18.2 Å². The van der Waals surface area contributed by atoms with Crippen LogP contribution in [0, 0.1) is 0 Å². The number of benzene rings is 1. The molecule has 0 spiro atoms. The smallest absolute Gasteiger partial charge is 0.407 e. The van der Waals surface area contributed by atoms with E-state index in [-0.39, 0.29) is 13.0 Å². The Morgan fingerprint density at radius 1 is 1.47 bits per heavy atom. The summed E-state index contributed by atoms with van der Waals surface area (Å²) in [7, 11) is 0.